The van der Waals surface area contributed by atoms with Crippen LogP contribution in [-0.4, -0.2) is 30.3 Å². The van der Waals surface area contributed by atoms with Gasteiger partial charge in [0.05, 0.1) is 10.7 Å². The van der Waals surface area contributed by atoms with E-state index in [4.69, 9.17) is 0 Å². The van der Waals surface area contributed by atoms with Crippen LogP contribution in [0.2, 0.25) is 0 Å². The molecule has 0 N–H and O–H groups in total. The molecule has 0 saturated carbocycles. The number of aryl methyl sites for hydroxylation is 2. The van der Waals surface area contributed by atoms with Gasteiger partial charge >= 0.3 is 0 Å². The zero-order chi connectivity index (χ0) is 16.8. The van der Waals surface area contributed by atoms with Gasteiger partial charge in [-0.2, -0.15) is 4.31 Å². The summed E-state index contributed by atoms with van der Waals surface area (Å²) in [6, 6.07) is 6.24. The molecule has 1 fully saturated rings. The van der Waals surface area contributed by atoms with Gasteiger partial charge in [0.15, 0.2) is 4.21 Å². The highest BCUT2D eigenvalue weighted by Gasteiger charge is 2.40. The van der Waals surface area contributed by atoms with Crippen molar-refractivity contribution in [3.05, 3.63) is 46.3 Å². The molecule has 1 saturated heterocycles. The number of hydrogen-bond donors (Lipinski definition) is 0. The Kier molecular flexibility index (Phi) is 4.29. The number of benzene rings is 1. The molecule has 1 aromatic heterocycles. The van der Waals surface area contributed by atoms with Crippen LogP contribution < -0.4 is 0 Å². The molecule has 4 nitrogen and oxygen atoms in total. The van der Waals surface area contributed by atoms with Crippen LogP contribution in [0.1, 0.15) is 35.5 Å². The number of aromatic nitrogens is 1. The largest absolute Gasteiger partial charge is 0.254 e. The summed E-state index contributed by atoms with van der Waals surface area (Å²) in [5, 5.41) is 0.753. The molecule has 124 valence electrons. The molecule has 3 rings (SSSR count). The Bertz CT molecular complexity index is 815. The first-order valence-corrected chi connectivity index (χ1v) is 9.76. The third-order valence-electron chi connectivity index (χ3n) is 4.26. The van der Waals surface area contributed by atoms with Crippen molar-refractivity contribution in [2.45, 2.75) is 43.4 Å². The van der Waals surface area contributed by atoms with E-state index in [1.54, 1.807) is 23.4 Å². The molecule has 0 amide bonds. The maximum Gasteiger partial charge on any atom is 0.254 e. The Morgan fingerprint density at radius 2 is 1.91 bits per heavy atom. The van der Waals surface area contributed by atoms with Gasteiger partial charge in [0, 0.05) is 12.6 Å². The molecule has 0 bridgehead atoms. The quantitative estimate of drug-likeness (QED) is 0.848. The standard InChI is InChI=1S/C16H19FN2O2S2/c1-10-8-14(13-4-6-15(17)7-5-13)9-19(10)23(20,21)16-11(2)18-12(3)22-16/h4-7,10,14H,8-9H2,1-3H3. The second-order valence-electron chi connectivity index (χ2n) is 6.01. The minimum atomic E-state index is -3.53. The third-order valence-corrected chi connectivity index (χ3v) is 7.90. The number of halogens is 1. The third kappa shape index (κ3) is 3.05. The second-order valence-corrected chi connectivity index (χ2v) is 9.30. The van der Waals surface area contributed by atoms with Gasteiger partial charge in [0.2, 0.25) is 0 Å². The zero-order valence-corrected chi connectivity index (χ0v) is 14.9. The molecule has 2 heterocycles. The van der Waals surface area contributed by atoms with Gasteiger partial charge in [-0.15, -0.1) is 11.3 Å². The number of rotatable bonds is 3. The second kappa shape index (κ2) is 5.96. The van der Waals surface area contributed by atoms with Crippen LogP contribution in [0, 0.1) is 19.7 Å². The summed E-state index contributed by atoms with van der Waals surface area (Å²) in [7, 11) is -3.53. The maximum absolute atomic E-state index is 13.1. The predicted molar refractivity (Wildman–Crippen MR) is 88.7 cm³/mol. The van der Waals surface area contributed by atoms with Gasteiger partial charge in [-0.25, -0.2) is 17.8 Å². The highest BCUT2D eigenvalue weighted by Crippen LogP contribution is 2.37. The Morgan fingerprint density at radius 3 is 2.48 bits per heavy atom. The molecule has 0 spiro atoms. The van der Waals surface area contributed by atoms with Crippen molar-refractivity contribution in [2.24, 2.45) is 0 Å². The summed E-state index contributed by atoms with van der Waals surface area (Å²) in [5.74, 6) is -0.185. The summed E-state index contributed by atoms with van der Waals surface area (Å²) in [5.41, 5.74) is 1.54. The average molecular weight is 354 g/mol. The molecular weight excluding hydrogens is 335 g/mol. The van der Waals surface area contributed by atoms with Gasteiger partial charge in [-0.05, 0) is 50.8 Å². The summed E-state index contributed by atoms with van der Waals surface area (Å²) in [6.07, 6.45) is 0.738. The smallest absolute Gasteiger partial charge is 0.245 e. The van der Waals surface area contributed by atoms with Crippen LogP contribution in [0.3, 0.4) is 0 Å². The lowest BCUT2D eigenvalue weighted by Crippen LogP contribution is -2.33. The molecule has 7 heteroatoms. The van der Waals surface area contributed by atoms with E-state index in [1.807, 2.05) is 13.8 Å². The SMILES string of the molecule is Cc1nc(C)c(S(=O)(=O)N2CC(c3ccc(F)cc3)CC2C)s1. The highest BCUT2D eigenvalue weighted by atomic mass is 32.2. The minimum absolute atomic E-state index is 0.0862. The highest BCUT2D eigenvalue weighted by molar-refractivity contribution is 7.91. The average Bonchev–Trinajstić information content (AvgIpc) is 3.03. The number of thiazole rings is 1. The maximum atomic E-state index is 13.1. The first kappa shape index (κ1) is 16.5. The first-order valence-electron chi connectivity index (χ1n) is 7.50. The lowest BCUT2D eigenvalue weighted by atomic mass is 9.97. The number of sulfonamides is 1. The fourth-order valence-corrected chi connectivity index (χ4v) is 6.45. The van der Waals surface area contributed by atoms with E-state index < -0.39 is 10.0 Å². The lowest BCUT2D eigenvalue weighted by molar-refractivity contribution is 0.408. The van der Waals surface area contributed by atoms with E-state index in [-0.39, 0.29) is 17.8 Å². The van der Waals surface area contributed by atoms with Crippen molar-refractivity contribution in [3.8, 4) is 0 Å². The van der Waals surface area contributed by atoms with E-state index in [0.717, 1.165) is 17.0 Å². The van der Waals surface area contributed by atoms with Crippen LogP contribution in [0.4, 0.5) is 4.39 Å². The van der Waals surface area contributed by atoms with Crippen molar-refractivity contribution in [1.29, 1.82) is 0 Å². The van der Waals surface area contributed by atoms with Crippen molar-refractivity contribution in [3.63, 3.8) is 0 Å². The molecule has 0 radical (unpaired) electrons. The van der Waals surface area contributed by atoms with Crippen LogP contribution in [0.25, 0.3) is 0 Å². The van der Waals surface area contributed by atoms with Gasteiger partial charge in [0.1, 0.15) is 5.82 Å². The van der Waals surface area contributed by atoms with Crippen LogP contribution in [0.15, 0.2) is 28.5 Å². The lowest BCUT2D eigenvalue weighted by Gasteiger charge is -2.20. The number of nitrogens with zero attached hydrogens (tertiary/aromatic N) is 2. The van der Waals surface area contributed by atoms with Gasteiger partial charge in [0.25, 0.3) is 10.0 Å². The van der Waals surface area contributed by atoms with Gasteiger partial charge in [-0.1, -0.05) is 12.1 Å². The van der Waals surface area contributed by atoms with Crippen molar-refractivity contribution in [2.75, 3.05) is 6.54 Å². The fraction of sp³-hybridized carbons (Fsp3) is 0.438. The zero-order valence-electron chi connectivity index (χ0n) is 13.3. The van der Waals surface area contributed by atoms with E-state index >= 15 is 0 Å². The summed E-state index contributed by atoms with van der Waals surface area (Å²) < 4.78 is 40.9. The number of hydrogen-bond acceptors (Lipinski definition) is 4. The van der Waals surface area contributed by atoms with E-state index in [0.29, 0.717) is 16.4 Å². The van der Waals surface area contributed by atoms with Crippen molar-refractivity contribution < 1.29 is 12.8 Å². The minimum Gasteiger partial charge on any atom is -0.245 e. The Labute approximate surface area is 140 Å². The molecule has 1 aromatic carbocycles. The summed E-state index contributed by atoms with van der Waals surface area (Å²) >= 11 is 1.22. The van der Waals surface area contributed by atoms with Crippen LogP contribution in [0.5, 0.6) is 0 Å². The Balaban J connectivity index is 1.89. The monoisotopic (exact) mass is 354 g/mol. The summed E-state index contributed by atoms with van der Waals surface area (Å²) in [4.78, 5) is 4.23. The van der Waals surface area contributed by atoms with Crippen molar-refractivity contribution >= 4 is 21.4 Å². The van der Waals surface area contributed by atoms with Crippen LogP contribution in [-0.2, 0) is 10.0 Å². The van der Waals surface area contributed by atoms with Crippen LogP contribution >= 0.6 is 11.3 Å². The molecular formula is C16H19FN2O2S2. The molecule has 23 heavy (non-hydrogen) atoms. The molecule has 2 atom stereocenters. The fourth-order valence-electron chi connectivity index (χ4n) is 3.17. The first-order chi connectivity index (χ1) is 10.8. The molecule has 0 aliphatic carbocycles. The molecule has 2 aromatic rings. The van der Waals surface area contributed by atoms with Gasteiger partial charge in [-0.3, -0.25) is 0 Å². The molecule has 2 unspecified atom stereocenters. The topological polar surface area (TPSA) is 50.3 Å². The van der Waals surface area contributed by atoms with E-state index in [1.165, 1.54) is 23.5 Å². The molecule has 1 aliphatic rings. The van der Waals surface area contributed by atoms with Gasteiger partial charge < -0.3 is 0 Å². The Hall–Kier alpha value is -1.31. The Morgan fingerprint density at radius 1 is 1.26 bits per heavy atom. The summed E-state index contributed by atoms with van der Waals surface area (Å²) in [6.45, 7) is 5.88. The van der Waals surface area contributed by atoms with E-state index in [2.05, 4.69) is 4.98 Å². The normalized spacial score (nSPS) is 22.6. The van der Waals surface area contributed by atoms with E-state index in [9.17, 15) is 12.8 Å². The predicted octanol–water partition coefficient (Wildman–Crippen LogP) is 3.47. The molecule has 1 aliphatic heterocycles. The van der Waals surface area contributed by atoms with Crippen molar-refractivity contribution in [1.82, 2.24) is 9.29 Å².